The van der Waals surface area contributed by atoms with Gasteiger partial charge in [-0.3, -0.25) is 19.5 Å². The molecular formula is C22H24N6O3S. The van der Waals surface area contributed by atoms with E-state index in [4.69, 9.17) is 10.5 Å². The molecule has 0 unspecified atom stereocenters. The molecule has 3 aromatic rings. The number of anilines is 2. The van der Waals surface area contributed by atoms with E-state index in [1.165, 1.54) is 24.3 Å². The van der Waals surface area contributed by atoms with Gasteiger partial charge in [-0.25, -0.2) is 4.98 Å². The molecule has 0 aliphatic carbocycles. The number of carbonyl (C=O) groups is 2. The summed E-state index contributed by atoms with van der Waals surface area (Å²) in [4.78, 5) is 37.8. The van der Waals surface area contributed by atoms with Crippen molar-refractivity contribution in [3.05, 3.63) is 58.9 Å². The SMILES string of the molecule is CNC(=O)c1cnccc1NC(=O)c1cc(-c2ccc(CN3CCOCC3)s2)cnc1N. The number of nitrogens with two attached hydrogens (primary N) is 1. The molecule has 0 saturated carbocycles. The Kier molecular flexibility index (Phi) is 6.74. The standard InChI is InChI=1S/C22H24N6O3S/c1-24-21(29)17-12-25-5-4-18(17)27-22(30)16-10-14(11-26-20(16)23)19-3-2-15(32-19)13-28-6-8-31-9-7-28/h2-5,10-12H,6-9,13H2,1H3,(H2,23,26)(H,24,29)(H,25,27,30). The second-order valence-corrected chi connectivity index (χ2v) is 8.43. The number of morpholine rings is 1. The molecule has 10 heteroatoms. The fourth-order valence-electron chi connectivity index (χ4n) is 3.40. The second-order valence-electron chi connectivity index (χ2n) is 7.27. The van der Waals surface area contributed by atoms with Gasteiger partial charge in [-0.15, -0.1) is 11.3 Å². The van der Waals surface area contributed by atoms with Crippen LogP contribution in [-0.4, -0.2) is 60.0 Å². The average molecular weight is 453 g/mol. The molecule has 1 aliphatic rings. The van der Waals surface area contributed by atoms with Gasteiger partial charge >= 0.3 is 0 Å². The zero-order valence-corrected chi connectivity index (χ0v) is 18.4. The summed E-state index contributed by atoms with van der Waals surface area (Å²) < 4.78 is 5.41. The first-order valence-corrected chi connectivity index (χ1v) is 11.0. The van der Waals surface area contributed by atoms with Gasteiger partial charge in [0.25, 0.3) is 11.8 Å². The van der Waals surface area contributed by atoms with Gasteiger partial charge in [0.1, 0.15) is 5.82 Å². The van der Waals surface area contributed by atoms with Gasteiger partial charge in [0.15, 0.2) is 0 Å². The summed E-state index contributed by atoms with van der Waals surface area (Å²) in [6.45, 7) is 4.24. The van der Waals surface area contributed by atoms with Gasteiger partial charge in [0, 0.05) is 60.6 Å². The summed E-state index contributed by atoms with van der Waals surface area (Å²) in [6, 6.07) is 7.41. The Hall–Kier alpha value is -3.34. The highest BCUT2D eigenvalue weighted by Gasteiger charge is 2.18. The summed E-state index contributed by atoms with van der Waals surface area (Å²) in [6.07, 6.45) is 4.56. The third-order valence-electron chi connectivity index (χ3n) is 5.13. The Morgan fingerprint density at radius 2 is 1.97 bits per heavy atom. The quantitative estimate of drug-likeness (QED) is 0.524. The highest BCUT2D eigenvalue weighted by Crippen LogP contribution is 2.30. The predicted molar refractivity (Wildman–Crippen MR) is 124 cm³/mol. The molecule has 3 aromatic heterocycles. The molecule has 0 atom stereocenters. The third-order valence-corrected chi connectivity index (χ3v) is 6.25. The highest BCUT2D eigenvalue weighted by molar-refractivity contribution is 7.15. The molecule has 0 radical (unpaired) electrons. The number of nitrogens with one attached hydrogen (secondary N) is 2. The zero-order valence-electron chi connectivity index (χ0n) is 17.6. The molecule has 4 rings (SSSR count). The van der Waals surface area contributed by atoms with Gasteiger partial charge in [-0.2, -0.15) is 0 Å². The molecule has 1 saturated heterocycles. The first-order chi connectivity index (χ1) is 15.5. The van der Waals surface area contributed by atoms with E-state index in [-0.39, 0.29) is 22.9 Å². The molecule has 0 aromatic carbocycles. The van der Waals surface area contributed by atoms with Gasteiger partial charge in [0.05, 0.1) is 30.0 Å². The molecule has 166 valence electrons. The Balaban J connectivity index is 1.53. The van der Waals surface area contributed by atoms with Crippen molar-refractivity contribution in [1.29, 1.82) is 0 Å². The van der Waals surface area contributed by atoms with Gasteiger partial charge in [-0.05, 0) is 24.3 Å². The van der Waals surface area contributed by atoms with Crippen LogP contribution in [0.25, 0.3) is 10.4 Å². The smallest absolute Gasteiger partial charge is 0.259 e. The largest absolute Gasteiger partial charge is 0.383 e. The molecule has 9 nitrogen and oxygen atoms in total. The number of hydrogen-bond donors (Lipinski definition) is 3. The predicted octanol–water partition coefficient (Wildman–Crippen LogP) is 2.23. The van der Waals surface area contributed by atoms with Crippen LogP contribution in [0.1, 0.15) is 25.6 Å². The molecule has 1 aliphatic heterocycles. The Bertz CT molecular complexity index is 1130. The minimum absolute atomic E-state index is 0.117. The second kappa shape index (κ2) is 9.86. The lowest BCUT2D eigenvalue weighted by Gasteiger charge is -2.25. The monoisotopic (exact) mass is 452 g/mol. The van der Waals surface area contributed by atoms with Crippen molar-refractivity contribution in [3.63, 3.8) is 0 Å². The van der Waals surface area contributed by atoms with E-state index in [1.807, 2.05) is 6.07 Å². The van der Waals surface area contributed by atoms with Crippen LogP contribution in [0.2, 0.25) is 0 Å². The number of amides is 2. The Morgan fingerprint density at radius 1 is 1.16 bits per heavy atom. The van der Waals surface area contributed by atoms with E-state index in [9.17, 15) is 9.59 Å². The highest BCUT2D eigenvalue weighted by atomic mass is 32.1. The van der Waals surface area contributed by atoms with Crippen molar-refractivity contribution < 1.29 is 14.3 Å². The van der Waals surface area contributed by atoms with Gasteiger partial charge < -0.3 is 21.1 Å². The number of nitrogens with zero attached hydrogens (tertiary/aromatic N) is 3. The van der Waals surface area contributed by atoms with Crippen LogP contribution in [0.5, 0.6) is 0 Å². The maximum Gasteiger partial charge on any atom is 0.259 e. The maximum absolute atomic E-state index is 13.0. The topological polar surface area (TPSA) is 122 Å². The number of carbonyl (C=O) groups excluding carboxylic acids is 2. The molecular weight excluding hydrogens is 428 g/mol. The Labute approximate surface area is 189 Å². The first-order valence-electron chi connectivity index (χ1n) is 10.2. The van der Waals surface area contributed by atoms with E-state index < -0.39 is 5.91 Å². The average Bonchev–Trinajstić information content (AvgIpc) is 3.28. The molecule has 32 heavy (non-hydrogen) atoms. The summed E-state index contributed by atoms with van der Waals surface area (Å²) in [5, 5.41) is 5.28. The Morgan fingerprint density at radius 3 is 2.75 bits per heavy atom. The van der Waals surface area contributed by atoms with E-state index in [2.05, 4.69) is 31.6 Å². The summed E-state index contributed by atoms with van der Waals surface area (Å²) >= 11 is 1.66. The molecule has 4 N–H and O–H groups in total. The van der Waals surface area contributed by atoms with Crippen LogP contribution in [0.15, 0.2) is 42.9 Å². The van der Waals surface area contributed by atoms with E-state index in [1.54, 1.807) is 29.7 Å². The molecule has 0 bridgehead atoms. The number of hydrogen-bond acceptors (Lipinski definition) is 8. The summed E-state index contributed by atoms with van der Waals surface area (Å²) in [5.74, 6) is -0.676. The lowest BCUT2D eigenvalue weighted by molar-refractivity contribution is 0.0346. The lowest BCUT2D eigenvalue weighted by Crippen LogP contribution is -2.35. The molecule has 0 spiro atoms. The molecule has 1 fully saturated rings. The van der Waals surface area contributed by atoms with Crippen LogP contribution < -0.4 is 16.4 Å². The van der Waals surface area contributed by atoms with Crippen molar-refractivity contribution in [2.24, 2.45) is 0 Å². The first kappa shape index (κ1) is 21.9. The fourth-order valence-corrected chi connectivity index (χ4v) is 4.43. The van der Waals surface area contributed by atoms with Crippen molar-refractivity contribution in [1.82, 2.24) is 20.2 Å². The maximum atomic E-state index is 13.0. The van der Waals surface area contributed by atoms with Crippen LogP contribution in [0.4, 0.5) is 11.5 Å². The van der Waals surface area contributed by atoms with E-state index in [0.717, 1.165) is 43.3 Å². The van der Waals surface area contributed by atoms with E-state index in [0.29, 0.717) is 5.69 Å². The number of aromatic nitrogens is 2. The number of thiophene rings is 1. The summed E-state index contributed by atoms with van der Waals surface area (Å²) in [7, 11) is 1.51. The van der Waals surface area contributed by atoms with Crippen LogP contribution in [-0.2, 0) is 11.3 Å². The zero-order chi connectivity index (χ0) is 22.5. The van der Waals surface area contributed by atoms with Crippen molar-refractivity contribution >= 4 is 34.7 Å². The van der Waals surface area contributed by atoms with Crippen LogP contribution in [0.3, 0.4) is 0 Å². The van der Waals surface area contributed by atoms with Gasteiger partial charge in [0.2, 0.25) is 0 Å². The number of pyridine rings is 2. The number of nitrogen functional groups attached to an aromatic ring is 1. The van der Waals surface area contributed by atoms with Crippen LogP contribution >= 0.6 is 11.3 Å². The molecule has 4 heterocycles. The number of ether oxygens (including phenoxy) is 1. The van der Waals surface area contributed by atoms with Crippen LogP contribution in [0, 0.1) is 0 Å². The number of rotatable bonds is 6. The third kappa shape index (κ3) is 4.93. The minimum Gasteiger partial charge on any atom is -0.383 e. The van der Waals surface area contributed by atoms with Crippen molar-refractivity contribution in [2.75, 3.05) is 44.4 Å². The van der Waals surface area contributed by atoms with E-state index >= 15 is 0 Å². The van der Waals surface area contributed by atoms with Gasteiger partial charge in [-0.1, -0.05) is 0 Å². The van der Waals surface area contributed by atoms with Crippen molar-refractivity contribution in [3.8, 4) is 10.4 Å². The molecule has 2 amide bonds. The normalized spacial score (nSPS) is 14.2. The lowest BCUT2D eigenvalue weighted by atomic mass is 10.1. The minimum atomic E-state index is -0.446. The summed E-state index contributed by atoms with van der Waals surface area (Å²) in [5.41, 5.74) is 7.65. The van der Waals surface area contributed by atoms with Crippen molar-refractivity contribution in [2.45, 2.75) is 6.54 Å². The fraction of sp³-hybridized carbons (Fsp3) is 0.273.